The second kappa shape index (κ2) is 11.3. The van der Waals surface area contributed by atoms with Crippen LogP contribution in [0.25, 0.3) is 17.0 Å². The third-order valence-corrected chi connectivity index (χ3v) is 5.86. The summed E-state index contributed by atoms with van der Waals surface area (Å²) in [5.41, 5.74) is 1.99. The Morgan fingerprint density at radius 3 is 2.53 bits per heavy atom. The Hall–Kier alpha value is -3.82. The maximum Gasteiger partial charge on any atom is 0.422 e. The van der Waals surface area contributed by atoms with Gasteiger partial charge in [0.15, 0.2) is 18.1 Å². The number of methoxy groups -OCH3 is 1. The van der Waals surface area contributed by atoms with Gasteiger partial charge in [0, 0.05) is 29.3 Å². The second-order valence-corrected chi connectivity index (χ2v) is 8.57. The first-order valence-electron chi connectivity index (χ1n) is 11.7. The monoisotopic (exact) mass is 500 g/mol. The summed E-state index contributed by atoms with van der Waals surface area (Å²) in [6, 6.07) is 10.6. The molecule has 0 saturated heterocycles. The van der Waals surface area contributed by atoms with Crippen LogP contribution in [-0.4, -0.2) is 41.8 Å². The van der Waals surface area contributed by atoms with Crippen molar-refractivity contribution in [2.75, 3.05) is 19.0 Å². The average molecular weight is 501 g/mol. The van der Waals surface area contributed by atoms with Gasteiger partial charge in [-0.15, -0.1) is 0 Å². The summed E-state index contributed by atoms with van der Waals surface area (Å²) in [7, 11) is 1.35. The van der Waals surface area contributed by atoms with E-state index >= 15 is 0 Å². The van der Waals surface area contributed by atoms with Gasteiger partial charge in [-0.05, 0) is 42.7 Å². The molecular formula is C26H27F3N4O3. The lowest BCUT2D eigenvalue weighted by molar-refractivity contribution is -0.153. The van der Waals surface area contributed by atoms with Crippen molar-refractivity contribution in [3.8, 4) is 11.5 Å². The summed E-state index contributed by atoms with van der Waals surface area (Å²) in [5.74, 6) is 0.437. The summed E-state index contributed by atoms with van der Waals surface area (Å²) >= 11 is 0. The SMILES string of the molecule is COc1cc2c(Nc3ccc(C=CC(=O)NC4CCCCC4)cc3)ncnc2cc1OCC(F)(F)F. The fraction of sp³-hybridized carbons (Fsp3) is 0.346. The van der Waals surface area contributed by atoms with Gasteiger partial charge in [-0.3, -0.25) is 4.79 Å². The summed E-state index contributed by atoms with van der Waals surface area (Å²) in [6.45, 7) is -1.44. The average Bonchev–Trinajstić information content (AvgIpc) is 2.87. The van der Waals surface area contributed by atoms with Crippen molar-refractivity contribution < 1.29 is 27.4 Å². The number of benzene rings is 2. The fourth-order valence-corrected chi connectivity index (χ4v) is 4.08. The van der Waals surface area contributed by atoms with Crippen LogP contribution in [0, 0.1) is 0 Å². The molecule has 3 aromatic rings. The molecule has 0 radical (unpaired) electrons. The van der Waals surface area contributed by atoms with Gasteiger partial charge in [0.2, 0.25) is 5.91 Å². The zero-order valence-corrected chi connectivity index (χ0v) is 19.8. The number of anilines is 2. The van der Waals surface area contributed by atoms with E-state index in [9.17, 15) is 18.0 Å². The van der Waals surface area contributed by atoms with E-state index in [2.05, 4.69) is 20.6 Å². The number of hydrogen-bond donors (Lipinski definition) is 2. The van der Waals surface area contributed by atoms with E-state index in [1.54, 1.807) is 12.2 Å². The summed E-state index contributed by atoms with van der Waals surface area (Å²) < 4.78 is 47.9. The molecule has 0 atom stereocenters. The molecule has 36 heavy (non-hydrogen) atoms. The van der Waals surface area contributed by atoms with Crippen molar-refractivity contribution in [1.29, 1.82) is 0 Å². The Bertz CT molecular complexity index is 1220. The molecule has 2 N–H and O–H groups in total. The molecule has 0 unspecified atom stereocenters. The second-order valence-electron chi connectivity index (χ2n) is 8.57. The molecule has 1 saturated carbocycles. The number of aromatic nitrogens is 2. The predicted octanol–water partition coefficient (Wildman–Crippen LogP) is 5.79. The third-order valence-electron chi connectivity index (χ3n) is 5.86. The molecule has 2 aromatic carbocycles. The Morgan fingerprint density at radius 2 is 1.83 bits per heavy atom. The number of carbonyl (C=O) groups is 1. The smallest absolute Gasteiger partial charge is 0.422 e. The summed E-state index contributed by atoms with van der Waals surface area (Å²) in [4.78, 5) is 20.6. The quantitative estimate of drug-likeness (QED) is 0.381. The zero-order chi connectivity index (χ0) is 25.5. The maximum absolute atomic E-state index is 12.6. The number of halogens is 3. The molecule has 1 aromatic heterocycles. The lowest BCUT2D eigenvalue weighted by atomic mass is 9.95. The van der Waals surface area contributed by atoms with E-state index < -0.39 is 12.8 Å². The predicted molar refractivity (Wildman–Crippen MR) is 131 cm³/mol. The van der Waals surface area contributed by atoms with E-state index in [-0.39, 0.29) is 23.4 Å². The van der Waals surface area contributed by atoms with Crippen molar-refractivity contribution in [3.63, 3.8) is 0 Å². The van der Waals surface area contributed by atoms with E-state index in [0.29, 0.717) is 16.7 Å². The normalized spacial score (nSPS) is 14.7. The highest BCUT2D eigenvalue weighted by molar-refractivity contribution is 5.93. The van der Waals surface area contributed by atoms with Crippen molar-refractivity contribution in [2.45, 2.75) is 44.3 Å². The minimum absolute atomic E-state index is 0.0596. The molecule has 0 spiro atoms. The van der Waals surface area contributed by atoms with Crippen molar-refractivity contribution >= 4 is 34.4 Å². The number of alkyl halides is 3. The zero-order valence-electron chi connectivity index (χ0n) is 19.8. The highest BCUT2D eigenvalue weighted by Gasteiger charge is 2.29. The molecule has 1 fully saturated rings. The van der Waals surface area contributed by atoms with Crippen LogP contribution in [-0.2, 0) is 4.79 Å². The van der Waals surface area contributed by atoms with Gasteiger partial charge in [0.1, 0.15) is 12.1 Å². The minimum atomic E-state index is -4.47. The van der Waals surface area contributed by atoms with Crippen LogP contribution in [0.3, 0.4) is 0 Å². The van der Waals surface area contributed by atoms with Gasteiger partial charge < -0.3 is 20.1 Å². The minimum Gasteiger partial charge on any atom is -0.493 e. The summed E-state index contributed by atoms with van der Waals surface area (Å²) in [6.07, 6.45) is 5.75. The third kappa shape index (κ3) is 6.87. The first-order chi connectivity index (χ1) is 17.3. The molecule has 7 nitrogen and oxygen atoms in total. The molecule has 1 aliphatic carbocycles. The molecule has 10 heteroatoms. The number of nitrogens with zero attached hydrogens (tertiary/aromatic N) is 2. The van der Waals surface area contributed by atoms with Crippen LogP contribution in [0.15, 0.2) is 48.8 Å². The molecule has 1 amide bonds. The molecular weight excluding hydrogens is 473 g/mol. The number of amides is 1. The number of hydrogen-bond acceptors (Lipinski definition) is 6. The van der Waals surface area contributed by atoms with Crippen molar-refractivity contribution in [3.05, 3.63) is 54.4 Å². The van der Waals surface area contributed by atoms with Gasteiger partial charge in [0.05, 0.1) is 12.6 Å². The Kier molecular flexibility index (Phi) is 7.92. The highest BCUT2D eigenvalue weighted by Crippen LogP contribution is 2.35. The molecule has 0 bridgehead atoms. The van der Waals surface area contributed by atoms with Crippen LogP contribution < -0.4 is 20.1 Å². The van der Waals surface area contributed by atoms with Crippen LogP contribution in [0.1, 0.15) is 37.7 Å². The van der Waals surface area contributed by atoms with E-state index in [4.69, 9.17) is 9.47 Å². The Morgan fingerprint density at radius 1 is 1.08 bits per heavy atom. The number of rotatable bonds is 8. The van der Waals surface area contributed by atoms with Crippen LogP contribution in [0.4, 0.5) is 24.7 Å². The molecule has 1 heterocycles. The van der Waals surface area contributed by atoms with Gasteiger partial charge in [0.25, 0.3) is 0 Å². The van der Waals surface area contributed by atoms with Crippen LogP contribution in [0.2, 0.25) is 0 Å². The van der Waals surface area contributed by atoms with E-state index in [1.807, 2.05) is 24.3 Å². The Balaban J connectivity index is 1.44. The lowest BCUT2D eigenvalue weighted by Crippen LogP contribution is -2.34. The topological polar surface area (TPSA) is 85.4 Å². The first-order valence-corrected chi connectivity index (χ1v) is 11.7. The molecule has 1 aliphatic rings. The lowest BCUT2D eigenvalue weighted by Gasteiger charge is -2.21. The van der Waals surface area contributed by atoms with Gasteiger partial charge in [-0.1, -0.05) is 31.4 Å². The van der Waals surface area contributed by atoms with Crippen molar-refractivity contribution in [1.82, 2.24) is 15.3 Å². The van der Waals surface area contributed by atoms with E-state index in [1.165, 1.54) is 32.0 Å². The maximum atomic E-state index is 12.6. The van der Waals surface area contributed by atoms with Crippen molar-refractivity contribution in [2.24, 2.45) is 0 Å². The largest absolute Gasteiger partial charge is 0.493 e. The first kappa shape index (κ1) is 25.3. The van der Waals surface area contributed by atoms with E-state index in [0.717, 1.165) is 36.9 Å². The fourth-order valence-electron chi connectivity index (χ4n) is 4.08. The molecule has 4 rings (SSSR count). The number of ether oxygens (including phenoxy) is 2. The number of fused-ring (bicyclic) bond motifs is 1. The standard InChI is InChI=1S/C26H27F3N4O3/c1-35-22-13-20-21(14-23(22)36-15-26(27,28)29)30-16-31-25(20)33-19-10-7-17(8-11-19)9-12-24(34)32-18-5-3-2-4-6-18/h7-14,16,18H,2-6,15H2,1H3,(H,32,34)(H,30,31,33). The van der Waals surface area contributed by atoms with Gasteiger partial charge in [-0.2, -0.15) is 13.2 Å². The highest BCUT2D eigenvalue weighted by atomic mass is 19.4. The molecule has 190 valence electrons. The number of nitrogens with one attached hydrogen (secondary N) is 2. The Labute approximate surface area is 206 Å². The summed E-state index contributed by atoms with van der Waals surface area (Å²) in [5, 5.41) is 6.79. The van der Waals surface area contributed by atoms with Crippen LogP contribution >= 0.6 is 0 Å². The van der Waals surface area contributed by atoms with Gasteiger partial charge >= 0.3 is 6.18 Å². The molecule has 0 aliphatic heterocycles. The number of carbonyl (C=O) groups excluding carboxylic acids is 1. The van der Waals surface area contributed by atoms with Gasteiger partial charge in [-0.25, -0.2) is 9.97 Å². The van der Waals surface area contributed by atoms with Crippen LogP contribution in [0.5, 0.6) is 11.5 Å².